The van der Waals surface area contributed by atoms with Gasteiger partial charge in [0.15, 0.2) is 0 Å². The minimum Gasteiger partial charge on any atom is -0.400 e. The van der Waals surface area contributed by atoms with Crippen LogP contribution in [0.15, 0.2) is 17.7 Å². The molecule has 1 aliphatic heterocycles. The predicted octanol–water partition coefficient (Wildman–Crippen LogP) is 3.47. The van der Waals surface area contributed by atoms with E-state index in [1.165, 1.54) is 12.3 Å². The Morgan fingerprint density at radius 3 is 2.38 bits per heavy atom. The minimum atomic E-state index is -0.479. The molecule has 1 aliphatic rings. The van der Waals surface area contributed by atoms with Crippen LogP contribution in [-0.4, -0.2) is 29.1 Å². The summed E-state index contributed by atoms with van der Waals surface area (Å²) in [5, 5.41) is 0. The minimum absolute atomic E-state index is 0.393. The van der Waals surface area contributed by atoms with Crippen LogP contribution in [0.2, 0.25) is 0 Å². The van der Waals surface area contributed by atoms with Crippen LogP contribution in [0.5, 0.6) is 0 Å². The second-order valence-electron chi connectivity index (χ2n) is 6.33. The van der Waals surface area contributed by atoms with E-state index >= 15 is 0 Å². The molecule has 114 valence electrons. The largest absolute Gasteiger partial charge is 0.491 e. The van der Waals surface area contributed by atoms with E-state index in [4.69, 9.17) is 9.31 Å². The normalized spacial score (nSPS) is 20.9. The van der Waals surface area contributed by atoms with Crippen molar-refractivity contribution in [3.63, 3.8) is 0 Å². The van der Waals surface area contributed by atoms with Crippen LogP contribution in [0.3, 0.4) is 0 Å². The fourth-order valence-electron chi connectivity index (χ4n) is 2.07. The fraction of sp³-hybridized carbons (Fsp3) is 0.533. The standard InChI is InChI=1S/C15H21BFNO2S/c1-10-6-13(17)18-8-11(10)7-12(9-21)16-19-14(2,3)15(4,5)20-16/h6-8,21H,9H2,1-5H3. The van der Waals surface area contributed by atoms with Gasteiger partial charge in [-0.3, -0.25) is 0 Å². The van der Waals surface area contributed by atoms with Crippen LogP contribution in [-0.2, 0) is 9.31 Å². The van der Waals surface area contributed by atoms with Gasteiger partial charge in [-0.05, 0) is 57.3 Å². The lowest BCUT2D eigenvalue weighted by Crippen LogP contribution is -2.41. The lowest BCUT2D eigenvalue weighted by Gasteiger charge is -2.32. The molecule has 1 aromatic rings. The monoisotopic (exact) mass is 309 g/mol. The average Bonchev–Trinajstić information content (AvgIpc) is 2.57. The van der Waals surface area contributed by atoms with Gasteiger partial charge in [0, 0.05) is 11.9 Å². The highest BCUT2D eigenvalue weighted by Gasteiger charge is 2.52. The van der Waals surface area contributed by atoms with Crippen molar-refractivity contribution in [3.05, 3.63) is 34.8 Å². The summed E-state index contributed by atoms with van der Waals surface area (Å²) in [6, 6.07) is 1.41. The molecule has 2 rings (SSSR count). The maximum atomic E-state index is 13.1. The SMILES string of the molecule is Cc1cc(F)ncc1C=C(CS)B1OC(C)(C)C(C)(C)O1. The lowest BCUT2D eigenvalue weighted by molar-refractivity contribution is 0.00578. The molecule has 0 spiro atoms. The Labute approximate surface area is 131 Å². The molecular formula is C15H21BFNO2S. The second-order valence-corrected chi connectivity index (χ2v) is 6.65. The van der Waals surface area contributed by atoms with Crippen LogP contribution < -0.4 is 0 Å². The van der Waals surface area contributed by atoms with Gasteiger partial charge < -0.3 is 9.31 Å². The van der Waals surface area contributed by atoms with E-state index in [1.54, 1.807) is 0 Å². The van der Waals surface area contributed by atoms with E-state index in [1.807, 2.05) is 40.7 Å². The van der Waals surface area contributed by atoms with Crippen LogP contribution >= 0.6 is 12.6 Å². The van der Waals surface area contributed by atoms with Crippen molar-refractivity contribution in [2.24, 2.45) is 0 Å². The third-order valence-corrected chi connectivity index (χ3v) is 4.56. The average molecular weight is 309 g/mol. The smallest absolute Gasteiger partial charge is 0.400 e. The van der Waals surface area contributed by atoms with Crippen LogP contribution in [0.1, 0.15) is 38.8 Å². The highest BCUT2D eigenvalue weighted by atomic mass is 32.1. The van der Waals surface area contributed by atoms with Crippen LogP contribution in [0, 0.1) is 12.9 Å². The molecule has 0 amide bonds. The zero-order valence-electron chi connectivity index (χ0n) is 13.1. The van der Waals surface area contributed by atoms with Crippen molar-refractivity contribution in [1.29, 1.82) is 0 Å². The summed E-state index contributed by atoms with van der Waals surface area (Å²) < 4.78 is 25.1. The van der Waals surface area contributed by atoms with E-state index in [0.29, 0.717) is 5.75 Å². The fourth-order valence-corrected chi connectivity index (χ4v) is 2.31. The van der Waals surface area contributed by atoms with Crippen LogP contribution in [0.4, 0.5) is 4.39 Å². The highest BCUT2D eigenvalue weighted by molar-refractivity contribution is 7.80. The highest BCUT2D eigenvalue weighted by Crippen LogP contribution is 2.39. The summed E-state index contributed by atoms with van der Waals surface area (Å²) in [7, 11) is -0.447. The summed E-state index contributed by atoms with van der Waals surface area (Å²) in [5.41, 5.74) is 1.77. The zero-order valence-corrected chi connectivity index (χ0v) is 14.0. The quantitative estimate of drug-likeness (QED) is 0.527. The maximum absolute atomic E-state index is 13.1. The van der Waals surface area contributed by atoms with Gasteiger partial charge >= 0.3 is 7.12 Å². The number of thiol groups is 1. The molecule has 0 bridgehead atoms. The Balaban J connectivity index is 2.31. The summed E-state index contributed by atoms with van der Waals surface area (Å²) in [5.74, 6) is 0.0147. The van der Waals surface area contributed by atoms with Crippen molar-refractivity contribution in [2.45, 2.75) is 45.8 Å². The van der Waals surface area contributed by atoms with Crippen molar-refractivity contribution >= 4 is 25.8 Å². The molecule has 0 N–H and O–H groups in total. The van der Waals surface area contributed by atoms with E-state index in [2.05, 4.69) is 17.6 Å². The van der Waals surface area contributed by atoms with Gasteiger partial charge in [-0.1, -0.05) is 6.08 Å². The summed E-state index contributed by atoms with van der Waals surface area (Å²) >= 11 is 4.37. The molecule has 2 heterocycles. The zero-order chi connectivity index (χ0) is 15.8. The van der Waals surface area contributed by atoms with E-state index in [9.17, 15) is 4.39 Å². The summed E-state index contributed by atoms with van der Waals surface area (Å²) in [6.45, 7) is 9.88. The topological polar surface area (TPSA) is 31.4 Å². The number of nitrogens with zero attached hydrogens (tertiary/aromatic N) is 1. The molecule has 0 aromatic carbocycles. The first-order valence-corrected chi connectivity index (χ1v) is 7.58. The van der Waals surface area contributed by atoms with Gasteiger partial charge in [0.25, 0.3) is 0 Å². The molecule has 21 heavy (non-hydrogen) atoms. The second kappa shape index (κ2) is 5.74. The third kappa shape index (κ3) is 3.33. The molecule has 0 saturated carbocycles. The molecule has 0 radical (unpaired) electrons. The van der Waals surface area contributed by atoms with Gasteiger partial charge in [0.1, 0.15) is 0 Å². The number of halogens is 1. The number of hydrogen-bond acceptors (Lipinski definition) is 4. The molecule has 0 aliphatic carbocycles. The van der Waals surface area contributed by atoms with E-state index in [0.717, 1.165) is 16.6 Å². The first-order chi connectivity index (χ1) is 9.66. The predicted molar refractivity (Wildman–Crippen MR) is 86.8 cm³/mol. The van der Waals surface area contributed by atoms with Crippen LogP contribution in [0.25, 0.3) is 6.08 Å². The Hall–Kier alpha value is -0.845. The number of hydrogen-bond donors (Lipinski definition) is 1. The van der Waals surface area contributed by atoms with Gasteiger partial charge in [0.2, 0.25) is 5.95 Å². The number of pyridine rings is 1. The van der Waals surface area contributed by atoms with Gasteiger partial charge in [-0.25, -0.2) is 4.98 Å². The van der Waals surface area contributed by atoms with Gasteiger partial charge in [-0.2, -0.15) is 17.0 Å². The summed E-state index contributed by atoms with van der Waals surface area (Å²) in [4.78, 5) is 3.69. The number of aryl methyl sites for hydroxylation is 1. The Bertz CT molecular complexity index is 559. The van der Waals surface area contributed by atoms with E-state index < -0.39 is 24.3 Å². The van der Waals surface area contributed by atoms with Gasteiger partial charge in [-0.15, -0.1) is 0 Å². The summed E-state index contributed by atoms with van der Waals surface area (Å²) in [6.07, 6.45) is 3.43. The molecule has 1 fully saturated rings. The first kappa shape index (κ1) is 16.5. The molecule has 0 unspecified atom stereocenters. The van der Waals surface area contributed by atoms with Gasteiger partial charge in [0.05, 0.1) is 11.2 Å². The molecule has 1 saturated heterocycles. The Kier molecular flexibility index (Phi) is 4.52. The van der Waals surface area contributed by atoms with Crippen molar-refractivity contribution < 1.29 is 13.7 Å². The van der Waals surface area contributed by atoms with E-state index in [-0.39, 0.29) is 0 Å². The molecular weight excluding hydrogens is 288 g/mol. The Morgan fingerprint density at radius 1 is 1.33 bits per heavy atom. The number of aromatic nitrogens is 1. The van der Waals surface area contributed by atoms with Crippen molar-refractivity contribution in [2.75, 3.05) is 5.75 Å². The number of rotatable bonds is 3. The first-order valence-electron chi connectivity index (χ1n) is 6.95. The molecule has 6 heteroatoms. The maximum Gasteiger partial charge on any atom is 0.491 e. The lowest BCUT2D eigenvalue weighted by atomic mass is 9.78. The van der Waals surface area contributed by atoms with Crippen molar-refractivity contribution in [1.82, 2.24) is 4.98 Å². The van der Waals surface area contributed by atoms with Crippen molar-refractivity contribution in [3.8, 4) is 0 Å². The molecule has 3 nitrogen and oxygen atoms in total. The molecule has 0 atom stereocenters. The Morgan fingerprint density at radius 2 is 1.90 bits per heavy atom. The third-order valence-electron chi connectivity index (χ3n) is 4.20. The molecule has 1 aromatic heterocycles.